The number of hydrogen-bond donors (Lipinski definition) is 1. The normalized spacial score (nSPS) is 16.0. The van der Waals surface area contributed by atoms with E-state index in [1.165, 1.54) is 0 Å². The fourth-order valence-electron chi connectivity index (χ4n) is 2.22. The monoisotopic (exact) mass is 310 g/mol. The number of nitrogens with zero attached hydrogens (tertiary/aromatic N) is 1. The molecule has 0 aliphatic heterocycles. The van der Waals surface area contributed by atoms with E-state index in [0.29, 0.717) is 13.0 Å². The lowest BCUT2D eigenvalue weighted by atomic mass is 9.94. The molecule has 1 aromatic carbocycles. The highest BCUT2D eigenvalue weighted by molar-refractivity contribution is 7.92. The van der Waals surface area contributed by atoms with Gasteiger partial charge in [0.1, 0.15) is 0 Å². The highest BCUT2D eigenvalue weighted by Crippen LogP contribution is 2.35. The molecule has 0 heterocycles. The lowest BCUT2D eigenvalue weighted by molar-refractivity contribution is 0.397. The summed E-state index contributed by atoms with van der Waals surface area (Å²) in [4.78, 5) is 0. The van der Waals surface area contributed by atoms with Gasteiger partial charge in [0.25, 0.3) is 0 Å². The molecule has 0 aromatic heterocycles. The predicted molar refractivity (Wildman–Crippen MR) is 87.7 cm³/mol. The zero-order valence-corrected chi connectivity index (χ0v) is 14.0. The van der Waals surface area contributed by atoms with E-state index in [4.69, 9.17) is 5.73 Å². The molecular weight excluding hydrogens is 284 g/mol. The van der Waals surface area contributed by atoms with Gasteiger partial charge in [0.2, 0.25) is 10.0 Å². The Hall–Kier alpha value is -1.07. The second-order valence-electron chi connectivity index (χ2n) is 7.02. The molecule has 2 N–H and O–H groups in total. The molecule has 0 amide bonds. The standard InChI is InChI=1S/C16H26N2O2S/c1-16(2,3)10-11-21(19,20)18(15-8-9-15)14-6-4-13(12-17)5-7-14/h4-7,15H,8-12,17H2,1-3H3. The van der Waals surface area contributed by atoms with Crippen LogP contribution < -0.4 is 10.0 Å². The van der Waals surface area contributed by atoms with Crippen molar-refractivity contribution in [3.8, 4) is 0 Å². The van der Waals surface area contributed by atoms with Crippen molar-refractivity contribution in [2.45, 2.75) is 52.6 Å². The van der Waals surface area contributed by atoms with E-state index in [1.54, 1.807) is 4.31 Å². The molecule has 1 fully saturated rings. The molecule has 0 unspecified atom stereocenters. The summed E-state index contributed by atoms with van der Waals surface area (Å²) in [6, 6.07) is 7.69. The maximum absolute atomic E-state index is 12.7. The van der Waals surface area contributed by atoms with E-state index in [2.05, 4.69) is 20.8 Å². The number of hydrogen-bond acceptors (Lipinski definition) is 3. The van der Waals surface area contributed by atoms with Crippen LogP contribution in [0.2, 0.25) is 0 Å². The molecule has 2 rings (SSSR count). The van der Waals surface area contributed by atoms with Crippen molar-refractivity contribution >= 4 is 15.7 Å². The van der Waals surface area contributed by atoms with Crippen molar-refractivity contribution in [1.82, 2.24) is 0 Å². The van der Waals surface area contributed by atoms with E-state index >= 15 is 0 Å². The maximum atomic E-state index is 12.7. The molecule has 0 spiro atoms. The van der Waals surface area contributed by atoms with Gasteiger partial charge in [0, 0.05) is 12.6 Å². The molecule has 118 valence electrons. The SMILES string of the molecule is CC(C)(C)CCS(=O)(=O)N(c1ccc(CN)cc1)C1CC1. The topological polar surface area (TPSA) is 63.4 Å². The Balaban J connectivity index is 2.21. The van der Waals surface area contributed by atoms with Gasteiger partial charge in [-0.2, -0.15) is 0 Å². The first kappa shape index (κ1) is 16.3. The fourth-order valence-corrected chi connectivity index (χ4v) is 4.40. The van der Waals surface area contributed by atoms with Crippen LogP contribution in [0.1, 0.15) is 45.6 Å². The van der Waals surface area contributed by atoms with Crippen molar-refractivity contribution in [2.24, 2.45) is 11.1 Å². The predicted octanol–water partition coefficient (Wildman–Crippen LogP) is 2.88. The van der Waals surface area contributed by atoms with Crippen LogP contribution in [0.25, 0.3) is 0 Å². The van der Waals surface area contributed by atoms with E-state index in [-0.39, 0.29) is 17.2 Å². The Morgan fingerprint density at radius 1 is 1.19 bits per heavy atom. The molecule has 1 saturated carbocycles. The van der Waals surface area contributed by atoms with Gasteiger partial charge in [-0.15, -0.1) is 0 Å². The smallest absolute Gasteiger partial charge is 0.235 e. The largest absolute Gasteiger partial charge is 0.326 e. The van der Waals surface area contributed by atoms with Crippen molar-refractivity contribution in [3.63, 3.8) is 0 Å². The molecule has 4 nitrogen and oxygen atoms in total. The van der Waals surface area contributed by atoms with Crippen LogP contribution in [0.15, 0.2) is 24.3 Å². The zero-order chi connectivity index (χ0) is 15.7. The summed E-state index contributed by atoms with van der Waals surface area (Å²) in [7, 11) is -3.26. The number of benzene rings is 1. The average Bonchev–Trinajstić information content (AvgIpc) is 3.21. The third kappa shape index (κ3) is 4.45. The summed E-state index contributed by atoms with van der Waals surface area (Å²) >= 11 is 0. The Labute approximate surface area is 128 Å². The first-order chi connectivity index (χ1) is 9.73. The van der Waals surface area contributed by atoms with Gasteiger partial charge in [0.05, 0.1) is 11.4 Å². The Morgan fingerprint density at radius 3 is 2.19 bits per heavy atom. The minimum Gasteiger partial charge on any atom is -0.326 e. The van der Waals surface area contributed by atoms with E-state index in [0.717, 1.165) is 24.1 Å². The number of sulfonamides is 1. The maximum Gasteiger partial charge on any atom is 0.235 e. The lowest BCUT2D eigenvalue weighted by Gasteiger charge is -2.26. The van der Waals surface area contributed by atoms with Gasteiger partial charge < -0.3 is 5.73 Å². The van der Waals surface area contributed by atoms with Crippen LogP contribution in [0.3, 0.4) is 0 Å². The molecule has 1 aliphatic rings. The summed E-state index contributed by atoms with van der Waals surface area (Å²) in [6.07, 6.45) is 2.57. The lowest BCUT2D eigenvalue weighted by Crippen LogP contribution is -2.36. The van der Waals surface area contributed by atoms with E-state index < -0.39 is 10.0 Å². The second-order valence-corrected chi connectivity index (χ2v) is 8.99. The third-order valence-corrected chi connectivity index (χ3v) is 5.54. The van der Waals surface area contributed by atoms with Gasteiger partial charge in [-0.3, -0.25) is 4.31 Å². The van der Waals surface area contributed by atoms with Crippen LogP contribution in [0, 0.1) is 5.41 Å². The fraction of sp³-hybridized carbons (Fsp3) is 0.625. The van der Waals surface area contributed by atoms with Gasteiger partial charge in [0.15, 0.2) is 0 Å². The average molecular weight is 310 g/mol. The molecule has 0 saturated heterocycles. The Bertz CT molecular complexity index is 569. The summed E-state index contributed by atoms with van der Waals surface area (Å²) in [5.41, 5.74) is 7.40. The van der Waals surface area contributed by atoms with Gasteiger partial charge in [-0.1, -0.05) is 32.9 Å². The Kier molecular flexibility index (Phi) is 4.63. The van der Waals surface area contributed by atoms with Crippen LogP contribution in [0.5, 0.6) is 0 Å². The van der Waals surface area contributed by atoms with Gasteiger partial charge in [-0.05, 0) is 42.4 Å². The van der Waals surface area contributed by atoms with Crippen molar-refractivity contribution in [3.05, 3.63) is 29.8 Å². The number of anilines is 1. The summed E-state index contributed by atoms with van der Waals surface area (Å²) in [5.74, 6) is 0.200. The second kappa shape index (κ2) is 5.97. The van der Waals surface area contributed by atoms with Crippen LogP contribution >= 0.6 is 0 Å². The summed E-state index contributed by atoms with van der Waals surface area (Å²) < 4.78 is 27.1. The third-order valence-electron chi connectivity index (χ3n) is 3.71. The minimum absolute atomic E-state index is 0.0195. The number of rotatable bonds is 6. The molecular formula is C16H26N2O2S. The molecule has 0 radical (unpaired) electrons. The van der Waals surface area contributed by atoms with Crippen LogP contribution in [0.4, 0.5) is 5.69 Å². The van der Waals surface area contributed by atoms with Crippen molar-refractivity contribution in [1.29, 1.82) is 0 Å². The van der Waals surface area contributed by atoms with Crippen LogP contribution in [-0.2, 0) is 16.6 Å². The summed E-state index contributed by atoms with van der Waals surface area (Å²) in [5, 5.41) is 0. The van der Waals surface area contributed by atoms with E-state index in [1.807, 2.05) is 24.3 Å². The van der Waals surface area contributed by atoms with Crippen LogP contribution in [-0.4, -0.2) is 20.2 Å². The first-order valence-electron chi connectivity index (χ1n) is 7.54. The van der Waals surface area contributed by atoms with Crippen molar-refractivity contribution < 1.29 is 8.42 Å². The molecule has 1 aliphatic carbocycles. The number of nitrogens with two attached hydrogens (primary N) is 1. The highest BCUT2D eigenvalue weighted by atomic mass is 32.2. The minimum atomic E-state index is -3.26. The molecule has 0 atom stereocenters. The van der Waals surface area contributed by atoms with Gasteiger partial charge in [-0.25, -0.2) is 8.42 Å². The molecule has 21 heavy (non-hydrogen) atoms. The Morgan fingerprint density at radius 2 is 1.76 bits per heavy atom. The summed E-state index contributed by atoms with van der Waals surface area (Å²) in [6.45, 7) is 6.68. The molecule has 0 bridgehead atoms. The molecule has 5 heteroatoms. The van der Waals surface area contributed by atoms with Crippen molar-refractivity contribution in [2.75, 3.05) is 10.1 Å². The highest BCUT2D eigenvalue weighted by Gasteiger charge is 2.37. The van der Waals surface area contributed by atoms with Gasteiger partial charge >= 0.3 is 0 Å². The quantitative estimate of drug-likeness (QED) is 0.878. The zero-order valence-electron chi connectivity index (χ0n) is 13.2. The van der Waals surface area contributed by atoms with E-state index in [9.17, 15) is 8.42 Å². The first-order valence-corrected chi connectivity index (χ1v) is 9.15. The molecule has 1 aromatic rings.